The molecule has 0 heterocycles. The number of carbonyl (C=O) groups is 3. The van der Waals surface area contributed by atoms with Crippen LogP contribution in [0.2, 0.25) is 0 Å². The number of likely N-dealkylation sites (N-methyl/N-ethyl adjacent to an activating group) is 1. The Hall–Kier alpha value is -1.93. The highest BCUT2D eigenvalue weighted by molar-refractivity contribution is 5.72. The van der Waals surface area contributed by atoms with Gasteiger partial charge >= 0.3 is 17.9 Å². The highest BCUT2D eigenvalue weighted by Crippen LogP contribution is 2.11. The summed E-state index contributed by atoms with van der Waals surface area (Å²) < 4.78 is 16.3. The number of allylic oxidation sites excluding steroid dienone is 2. The number of unbranched alkanes of at least 4 members (excludes halogenated alkanes) is 8. The van der Waals surface area contributed by atoms with Gasteiger partial charge in [0, 0.05) is 19.8 Å². The zero-order chi connectivity index (χ0) is 26.5. The molecule has 0 aromatic rings. The van der Waals surface area contributed by atoms with Gasteiger partial charge in [-0.1, -0.05) is 51.2 Å². The van der Waals surface area contributed by atoms with Crippen LogP contribution >= 0.6 is 0 Å². The first kappa shape index (κ1) is 33.1. The molecule has 0 rings (SSSR count). The number of ether oxygens (including phenoxy) is 3. The van der Waals surface area contributed by atoms with E-state index in [0.29, 0.717) is 12.8 Å². The minimum absolute atomic E-state index is 0.0501. The van der Waals surface area contributed by atoms with Crippen LogP contribution in [0.1, 0.15) is 90.9 Å². The van der Waals surface area contributed by atoms with Gasteiger partial charge in [-0.15, -0.1) is 0 Å². The van der Waals surface area contributed by atoms with Gasteiger partial charge in [0.15, 0.2) is 12.1 Å². The molecule has 0 bridgehead atoms. The maximum absolute atomic E-state index is 12.2. The van der Waals surface area contributed by atoms with Crippen LogP contribution in [-0.4, -0.2) is 80.6 Å². The highest BCUT2D eigenvalue weighted by Gasteiger charge is 2.31. The topological polar surface area (TPSA) is 99.1 Å². The summed E-state index contributed by atoms with van der Waals surface area (Å²) in [6, 6.07) is -0.605. The number of hydrogen-bond acceptors (Lipinski definition) is 6. The molecule has 0 aliphatic heterocycles. The average Bonchev–Trinajstić information content (AvgIpc) is 2.76. The molecule has 0 saturated carbocycles. The Balaban J connectivity index is 4.15. The van der Waals surface area contributed by atoms with E-state index in [1.165, 1.54) is 39.0 Å². The van der Waals surface area contributed by atoms with E-state index in [9.17, 15) is 19.5 Å². The molecule has 2 unspecified atom stereocenters. The fourth-order valence-corrected chi connectivity index (χ4v) is 3.63. The van der Waals surface area contributed by atoms with E-state index in [0.717, 1.165) is 32.1 Å². The van der Waals surface area contributed by atoms with Crippen LogP contribution < -0.4 is 0 Å². The van der Waals surface area contributed by atoms with E-state index in [1.807, 2.05) is 21.1 Å². The average molecular weight is 501 g/mol. The van der Waals surface area contributed by atoms with Crippen LogP contribution in [0, 0.1) is 0 Å². The molecule has 0 fully saturated rings. The predicted molar refractivity (Wildman–Crippen MR) is 137 cm³/mol. The molecule has 0 saturated heterocycles. The molecule has 0 aromatic heterocycles. The van der Waals surface area contributed by atoms with Crippen molar-refractivity contribution in [3.8, 4) is 0 Å². The monoisotopic (exact) mass is 500 g/mol. The molecule has 8 nitrogen and oxygen atoms in total. The summed E-state index contributed by atoms with van der Waals surface area (Å²) in [6.45, 7) is 3.68. The molecular formula is C27H50NO7+. The summed E-state index contributed by atoms with van der Waals surface area (Å²) in [5.74, 6) is -1.68. The van der Waals surface area contributed by atoms with Crippen molar-refractivity contribution < 1.29 is 38.2 Å². The lowest BCUT2D eigenvalue weighted by atomic mass is 10.1. The van der Waals surface area contributed by atoms with E-state index in [1.54, 1.807) is 0 Å². The van der Waals surface area contributed by atoms with E-state index >= 15 is 0 Å². The summed E-state index contributed by atoms with van der Waals surface area (Å²) >= 11 is 0. The van der Waals surface area contributed by atoms with Gasteiger partial charge in [-0.05, 0) is 32.1 Å². The predicted octanol–water partition coefficient (Wildman–Crippen LogP) is 4.89. The van der Waals surface area contributed by atoms with Crippen LogP contribution in [0.25, 0.3) is 0 Å². The number of hydrogen-bond donors (Lipinski definition) is 1. The molecule has 0 aliphatic carbocycles. The van der Waals surface area contributed by atoms with Crippen LogP contribution in [0.3, 0.4) is 0 Å². The van der Waals surface area contributed by atoms with Crippen molar-refractivity contribution >= 4 is 17.9 Å². The largest absolute Gasteiger partial charge is 0.477 e. The molecule has 0 amide bonds. The second-order valence-corrected chi connectivity index (χ2v) is 10.0. The second kappa shape index (κ2) is 20.3. The summed E-state index contributed by atoms with van der Waals surface area (Å²) in [4.78, 5) is 34.8. The number of carbonyl (C=O) groups excluding carboxylic acids is 2. The van der Waals surface area contributed by atoms with Crippen LogP contribution in [0.5, 0.6) is 0 Å². The van der Waals surface area contributed by atoms with Crippen LogP contribution in [-0.2, 0) is 28.6 Å². The standard InChI is InChI=1S/C27H49NO7/c1-6-7-8-9-10-11-12-13-14-15-16-17-18-26(30)35-24(22-34-23(2)29)21-33-20-19-25(27(31)32)28(3,4)5/h10-11,24-25H,6-9,12-22H2,1-5H3/p+1/b11-10-. The van der Waals surface area contributed by atoms with Crippen LogP contribution in [0.15, 0.2) is 12.2 Å². The molecule has 0 radical (unpaired) electrons. The molecular weight excluding hydrogens is 450 g/mol. The van der Waals surface area contributed by atoms with Gasteiger partial charge in [0.1, 0.15) is 6.61 Å². The third kappa shape index (κ3) is 20.0. The van der Waals surface area contributed by atoms with E-state index in [-0.39, 0.29) is 30.3 Å². The number of nitrogens with zero attached hydrogens (tertiary/aromatic N) is 1. The smallest absolute Gasteiger partial charge is 0.362 e. The van der Waals surface area contributed by atoms with Crippen molar-refractivity contribution in [3.63, 3.8) is 0 Å². The van der Waals surface area contributed by atoms with Crippen LogP contribution in [0.4, 0.5) is 0 Å². The number of carboxylic acid groups (broad SMARTS) is 1. The first-order valence-electron chi connectivity index (χ1n) is 13.2. The number of carboxylic acids is 1. The zero-order valence-electron chi connectivity index (χ0n) is 22.8. The highest BCUT2D eigenvalue weighted by atomic mass is 16.6. The molecule has 0 spiro atoms. The van der Waals surface area contributed by atoms with Crippen molar-refractivity contribution in [2.45, 2.75) is 103 Å². The van der Waals surface area contributed by atoms with Crippen molar-refractivity contribution in [2.24, 2.45) is 0 Å². The first-order valence-corrected chi connectivity index (χ1v) is 13.2. The summed E-state index contributed by atoms with van der Waals surface area (Å²) in [6.07, 6.45) is 15.8. The SMILES string of the molecule is CCCCC/C=C\CCCCCCCC(=O)OC(COCCC(C(=O)O)[N+](C)(C)C)COC(C)=O. The van der Waals surface area contributed by atoms with E-state index in [4.69, 9.17) is 14.2 Å². The normalized spacial score (nSPS) is 13.5. The Morgan fingerprint density at radius 2 is 1.49 bits per heavy atom. The Morgan fingerprint density at radius 3 is 2.06 bits per heavy atom. The summed E-state index contributed by atoms with van der Waals surface area (Å²) in [7, 11) is 5.45. The van der Waals surface area contributed by atoms with Crippen molar-refractivity contribution in [1.82, 2.24) is 0 Å². The first-order chi connectivity index (χ1) is 16.6. The molecule has 2 atom stereocenters. The number of quaternary nitrogens is 1. The summed E-state index contributed by atoms with van der Waals surface area (Å²) in [5.41, 5.74) is 0. The summed E-state index contributed by atoms with van der Waals surface area (Å²) in [5, 5.41) is 9.39. The third-order valence-electron chi connectivity index (χ3n) is 5.72. The number of rotatable bonds is 22. The second-order valence-electron chi connectivity index (χ2n) is 10.0. The van der Waals surface area contributed by atoms with Crippen molar-refractivity contribution in [1.29, 1.82) is 0 Å². The zero-order valence-corrected chi connectivity index (χ0v) is 22.8. The molecule has 35 heavy (non-hydrogen) atoms. The molecule has 1 N–H and O–H groups in total. The van der Waals surface area contributed by atoms with Gasteiger partial charge < -0.3 is 23.8 Å². The van der Waals surface area contributed by atoms with Gasteiger partial charge in [-0.2, -0.15) is 0 Å². The Bertz CT molecular complexity index is 613. The Kier molecular flexibility index (Phi) is 19.2. The fraction of sp³-hybridized carbons (Fsp3) is 0.815. The maximum Gasteiger partial charge on any atom is 0.362 e. The van der Waals surface area contributed by atoms with Crippen molar-refractivity contribution in [2.75, 3.05) is 41.0 Å². The van der Waals surface area contributed by atoms with Gasteiger partial charge in [0.2, 0.25) is 0 Å². The minimum Gasteiger partial charge on any atom is -0.477 e. The van der Waals surface area contributed by atoms with Crippen molar-refractivity contribution in [3.05, 3.63) is 12.2 Å². The van der Waals surface area contributed by atoms with E-state index < -0.39 is 24.1 Å². The maximum atomic E-state index is 12.2. The minimum atomic E-state index is -0.886. The van der Waals surface area contributed by atoms with Gasteiger partial charge in [0.05, 0.1) is 34.4 Å². The quantitative estimate of drug-likeness (QED) is 0.0977. The fourth-order valence-electron chi connectivity index (χ4n) is 3.63. The van der Waals surface area contributed by atoms with Gasteiger partial charge in [-0.3, -0.25) is 9.59 Å². The molecule has 0 aliphatic rings. The lowest BCUT2D eigenvalue weighted by Crippen LogP contribution is -2.50. The number of aliphatic carboxylic acids is 1. The number of esters is 2. The molecule has 8 heteroatoms. The Labute approximate surface area is 212 Å². The lowest BCUT2D eigenvalue weighted by molar-refractivity contribution is -0.887. The molecule has 0 aromatic carbocycles. The third-order valence-corrected chi connectivity index (χ3v) is 5.72. The Morgan fingerprint density at radius 1 is 0.886 bits per heavy atom. The van der Waals surface area contributed by atoms with E-state index in [2.05, 4.69) is 19.1 Å². The van der Waals surface area contributed by atoms with Gasteiger partial charge in [-0.25, -0.2) is 4.79 Å². The van der Waals surface area contributed by atoms with Gasteiger partial charge in [0.25, 0.3) is 0 Å². The molecule has 204 valence electrons. The lowest BCUT2D eigenvalue weighted by Gasteiger charge is -2.31.